The van der Waals surface area contributed by atoms with Crippen LogP contribution >= 0.6 is 15.9 Å². The van der Waals surface area contributed by atoms with E-state index in [1.54, 1.807) is 19.3 Å². The average molecular weight is 328 g/mol. The molecule has 1 amide bonds. The fourth-order valence-electron chi connectivity index (χ4n) is 2.19. The number of hydrogen-bond acceptors (Lipinski definition) is 4. The van der Waals surface area contributed by atoms with Gasteiger partial charge in [-0.15, -0.1) is 0 Å². The van der Waals surface area contributed by atoms with Gasteiger partial charge >= 0.3 is 0 Å². The molecule has 0 spiro atoms. The molecule has 2 heterocycles. The van der Waals surface area contributed by atoms with Crippen molar-refractivity contribution in [1.82, 2.24) is 10.3 Å². The Morgan fingerprint density at radius 2 is 2.37 bits per heavy atom. The van der Waals surface area contributed by atoms with Gasteiger partial charge < -0.3 is 15.4 Å². The molecule has 0 radical (unpaired) electrons. The van der Waals surface area contributed by atoms with Gasteiger partial charge in [-0.1, -0.05) is 0 Å². The average Bonchev–Trinajstić information content (AvgIpc) is 2.39. The predicted octanol–water partition coefficient (Wildman–Crippen LogP) is 2.18. The van der Waals surface area contributed by atoms with E-state index in [0.29, 0.717) is 18.0 Å². The van der Waals surface area contributed by atoms with Crippen LogP contribution in [0, 0.1) is 0 Å². The number of anilines is 1. The third-order valence-corrected chi connectivity index (χ3v) is 3.62. The van der Waals surface area contributed by atoms with Crippen molar-refractivity contribution in [2.45, 2.75) is 25.3 Å². The highest BCUT2D eigenvalue weighted by Crippen LogP contribution is 2.22. The van der Waals surface area contributed by atoms with Crippen molar-refractivity contribution in [3.05, 3.63) is 22.3 Å². The number of nitrogens with zero attached hydrogens (tertiary/aromatic N) is 1. The van der Waals surface area contributed by atoms with E-state index in [2.05, 4.69) is 31.5 Å². The smallest absolute Gasteiger partial charge is 0.255 e. The van der Waals surface area contributed by atoms with Crippen molar-refractivity contribution in [2.75, 3.05) is 25.6 Å². The van der Waals surface area contributed by atoms with Crippen LogP contribution in [0.4, 0.5) is 5.82 Å². The highest BCUT2D eigenvalue weighted by molar-refractivity contribution is 9.10. The second kappa shape index (κ2) is 5.88. The molecule has 19 heavy (non-hydrogen) atoms. The summed E-state index contributed by atoms with van der Waals surface area (Å²) >= 11 is 3.34. The van der Waals surface area contributed by atoms with E-state index in [1.807, 2.05) is 6.92 Å². The largest absolute Gasteiger partial charge is 0.379 e. The molecule has 2 N–H and O–H groups in total. The van der Waals surface area contributed by atoms with Crippen molar-refractivity contribution in [2.24, 2.45) is 0 Å². The van der Waals surface area contributed by atoms with Crippen LogP contribution in [0.15, 0.2) is 16.7 Å². The van der Waals surface area contributed by atoms with Crippen LogP contribution in [0.3, 0.4) is 0 Å². The van der Waals surface area contributed by atoms with Gasteiger partial charge in [0.25, 0.3) is 5.91 Å². The molecule has 0 aliphatic carbocycles. The number of nitrogens with one attached hydrogen (secondary N) is 2. The Morgan fingerprint density at radius 3 is 3.00 bits per heavy atom. The van der Waals surface area contributed by atoms with E-state index >= 15 is 0 Å². The summed E-state index contributed by atoms with van der Waals surface area (Å²) in [5, 5.41) is 5.98. The first-order valence-electron chi connectivity index (χ1n) is 6.28. The lowest BCUT2D eigenvalue weighted by molar-refractivity contribution is 0.0273. The third kappa shape index (κ3) is 3.45. The SMILES string of the molecule is CNc1ncc(Br)cc1C(=O)NC1(C)CCCOC1. The molecule has 1 aliphatic rings. The Hall–Kier alpha value is -1.14. The molecule has 1 saturated heterocycles. The number of pyridine rings is 1. The van der Waals surface area contributed by atoms with E-state index in [1.165, 1.54) is 0 Å². The zero-order valence-corrected chi connectivity index (χ0v) is 12.7. The number of amides is 1. The topological polar surface area (TPSA) is 63.2 Å². The summed E-state index contributed by atoms with van der Waals surface area (Å²) in [4.78, 5) is 16.6. The number of carbonyl (C=O) groups excluding carboxylic acids is 1. The van der Waals surface area contributed by atoms with Crippen LogP contribution in [-0.2, 0) is 4.74 Å². The lowest BCUT2D eigenvalue weighted by Crippen LogP contribution is -2.51. The Labute approximate surface area is 121 Å². The second-order valence-electron chi connectivity index (χ2n) is 4.97. The third-order valence-electron chi connectivity index (χ3n) is 3.19. The summed E-state index contributed by atoms with van der Waals surface area (Å²) in [5.74, 6) is 0.437. The lowest BCUT2D eigenvalue weighted by atomic mass is 9.94. The van der Waals surface area contributed by atoms with Gasteiger partial charge in [-0.2, -0.15) is 0 Å². The van der Waals surface area contributed by atoms with Gasteiger partial charge in [-0.25, -0.2) is 4.98 Å². The first kappa shape index (κ1) is 14.3. The van der Waals surface area contributed by atoms with Gasteiger partial charge in [0.1, 0.15) is 5.82 Å². The predicted molar refractivity (Wildman–Crippen MR) is 77.4 cm³/mol. The molecule has 1 aromatic heterocycles. The maximum absolute atomic E-state index is 12.4. The van der Waals surface area contributed by atoms with Gasteiger partial charge in [-0.3, -0.25) is 4.79 Å². The molecule has 0 saturated carbocycles. The molecule has 6 heteroatoms. The Kier molecular flexibility index (Phi) is 4.42. The molecular formula is C13H18BrN3O2. The minimum atomic E-state index is -0.303. The first-order chi connectivity index (χ1) is 9.04. The van der Waals surface area contributed by atoms with E-state index < -0.39 is 0 Å². The Bertz CT molecular complexity index is 473. The van der Waals surface area contributed by atoms with Gasteiger partial charge in [-0.05, 0) is 41.8 Å². The number of ether oxygens (including phenoxy) is 1. The van der Waals surface area contributed by atoms with Crippen molar-refractivity contribution in [3.63, 3.8) is 0 Å². The number of halogens is 1. The van der Waals surface area contributed by atoms with E-state index in [9.17, 15) is 4.79 Å². The summed E-state index contributed by atoms with van der Waals surface area (Å²) in [5.41, 5.74) is 0.228. The summed E-state index contributed by atoms with van der Waals surface area (Å²) in [6, 6.07) is 1.77. The Morgan fingerprint density at radius 1 is 1.58 bits per heavy atom. The van der Waals surface area contributed by atoms with Crippen molar-refractivity contribution in [3.8, 4) is 0 Å². The van der Waals surface area contributed by atoms with Crippen LogP contribution in [-0.4, -0.2) is 36.7 Å². The number of rotatable bonds is 3. The summed E-state index contributed by atoms with van der Waals surface area (Å²) < 4.78 is 6.23. The molecule has 5 nitrogen and oxygen atoms in total. The number of hydrogen-bond donors (Lipinski definition) is 2. The van der Waals surface area contributed by atoms with Crippen LogP contribution in [0.1, 0.15) is 30.1 Å². The first-order valence-corrected chi connectivity index (χ1v) is 7.07. The molecule has 0 bridgehead atoms. The fourth-order valence-corrected chi connectivity index (χ4v) is 2.52. The quantitative estimate of drug-likeness (QED) is 0.893. The number of aromatic nitrogens is 1. The summed E-state index contributed by atoms with van der Waals surface area (Å²) in [6.45, 7) is 3.33. The summed E-state index contributed by atoms with van der Waals surface area (Å²) in [6.07, 6.45) is 3.55. The Balaban J connectivity index is 2.17. The van der Waals surface area contributed by atoms with E-state index in [0.717, 1.165) is 23.9 Å². The minimum Gasteiger partial charge on any atom is -0.379 e. The van der Waals surface area contributed by atoms with Gasteiger partial charge in [0.05, 0.1) is 17.7 Å². The lowest BCUT2D eigenvalue weighted by Gasteiger charge is -2.34. The number of carbonyl (C=O) groups is 1. The van der Waals surface area contributed by atoms with Crippen molar-refractivity contribution < 1.29 is 9.53 Å². The van der Waals surface area contributed by atoms with Crippen molar-refractivity contribution >= 4 is 27.7 Å². The zero-order chi connectivity index (χ0) is 13.9. The fraction of sp³-hybridized carbons (Fsp3) is 0.538. The van der Waals surface area contributed by atoms with Gasteiger partial charge in [0, 0.05) is 24.3 Å². The minimum absolute atomic E-state index is 0.133. The molecule has 1 unspecified atom stereocenters. The molecule has 1 atom stereocenters. The maximum Gasteiger partial charge on any atom is 0.255 e. The standard InChI is InChI=1S/C13H18BrN3O2/c1-13(4-3-5-19-8-13)17-12(18)10-6-9(14)7-16-11(10)15-2/h6-7H,3-5,8H2,1-2H3,(H,15,16)(H,17,18). The van der Waals surface area contributed by atoms with Gasteiger partial charge in [0.15, 0.2) is 0 Å². The van der Waals surface area contributed by atoms with E-state index in [4.69, 9.17) is 4.74 Å². The van der Waals surface area contributed by atoms with Crippen LogP contribution in [0.5, 0.6) is 0 Å². The highest BCUT2D eigenvalue weighted by atomic mass is 79.9. The molecule has 1 aliphatic heterocycles. The van der Waals surface area contributed by atoms with E-state index in [-0.39, 0.29) is 11.4 Å². The van der Waals surface area contributed by atoms with Crippen LogP contribution in [0.2, 0.25) is 0 Å². The van der Waals surface area contributed by atoms with Gasteiger partial charge in [0.2, 0.25) is 0 Å². The van der Waals surface area contributed by atoms with Crippen molar-refractivity contribution in [1.29, 1.82) is 0 Å². The summed E-state index contributed by atoms with van der Waals surface area (Å²) in [7, 11) is 1.75. The monoisotopic (exact) mass is 327 g/mol. The molecule has 1 fully saturated rings. The maximum atomic E-state index is 12.4. The highest BCUT2D eigenvalue weighted by Gasteiger charge is 2.30. The van der Waals surface area contributed by atoms with Crippen LogP contribution in [0.25, 0.3) is 0 Å². The van der Waals surface area contributed by atoms with Crippen LogP contribution < -0.4 is 10.6 Å². The molecule has 104 valence electrons. The normalized spacial score (nSPS) is 22.9. The second-order valence-corrected chi connectivity index (χ2v) is 5.89. The molecule has 2 rings (SSSR count). The molecular weight excluding hydrogens is 310 g/mol. The molecule has 1 aromatic rings. The zero-order valence-electron chi connectivity index (χ0n) is 11.1. The molecule has 0 aromatic carbocycles.